The van der Waals surface area contributed by atoms with Crippen molar-refractivity contribution in [2.45, 2.75) is 6.42 Å². The van der Waals surface area contributed by atoms with E-state index in [1.165, 1.54) is 23.9 Å². The van der Waals surface area contributed by atoms with E-state index in [0.717, 1.165) is 11.8 Å². The number of ether oxygens (including phenoxy) is 1. The van der Waals surface area contributed by atoms with E-state index in [1.807, 2.05) is 0 Å². The molecular weight excluding hydrogens is 347 g/mol. The first-order valence-corrected chi connectivity index (χ1v) is 8.14. The molecule has 1 aliphatic heterocycles. The second kappa shape index (κ2) is 8.16. The SMILES string of the molecule is O=C(COC(=O)CCN1CCSC1=O)Nc1ccc(F)c(Cl)c1. The molecule has 1 saturated heterocycles. The van der Waals surface area contributed by atoms with E-state index < -0.39 is 24.3 Å². The van der Waals surface area contributed by atoms with Crippen LogP contribution in [-0.4, -0.2) is 47.5 Å². The van der Waals surface area contributed by atoms with Gasteiger partial charge in [0.25, 0.3) is 11.1 Å². The quantitative estimate of drug-likeness (QED) is 0.789. The maximum absolute atomic E-state index is 13.0. The molecule has 6 nitrogen and oxygen atoms in total. The van der Waals surface area contributed by atoms with Gasteiger partial charge in [-0.3, -0.25) is 14.4 Å². The highest BCUT2D eigenvalue weighted by atomic mass is 35.5. The minimum Gasteiger partial charge on any atom is -0.456 e. The summed E-state index contributed by atoms with van der Waals surface area (Å²) in [5.74, 6) is -1.00. The topological polar surface area (TPSA) is 75.7 Å². The van der Waals surface area contributed by atoms with Crippen molar-refractivity contribution in [2.75, 3.05) is 30.8 Å². The Labute approximate surface area is 141 Å². The second-order valence-electron chi connectivity index (χ2n) is 4.69. The van der Waals surface area contributed by atoms with Crippen LogP contribution in [-0.2, 0) is 14.3 Å². The number of benzene rings is 1. The molecule has 23 heavy (non-hydrogen) atoms. The van der Waals surface area contributed by atoms with Crippen LogP contribution in [0.1, 0.15) is 6.42 Å². The summed E-state index contributed by atoms with van der Waals surface area (Å²) in [5.41, 5.74) is 0.303. The number of esters is 1. The Morgan fingerprint density at radius 2 is 2.22 bits per heavy atom. The first kappa shape index (κ1) is 17.6. The molecule has 0 aromatic heterocycles. The molecule has 0 bridgehead atoms. The highest BCUT2D eigenvalue weighted by Gasteiger charge is 2.21. The molecule has 1 N–H and O–H groups in total. The van der Waals surface area contributed by atoms with Crippen molar-refractivity contribution >= 4 is 46.2 Å². The minimum absolute atomic E-state index is 0.0297. The van der Waals surface area contributed by atoms with Crippen molar-refractivity contribution in [3.8, 4) is 0 Å². The lowest BCUT2D eigenvalue weighted by Gasteiger charge is -2.13. The zero-order valence-electron chi connectivity index (χ0n) is 12.0. The van der Waals surface area contributed by atoms with Crippen molar-refractivity contribution in [3.63, 3.8) is 0 Å². The van der Waals surface area contributed by atoms with Crippen LogP contribution in [0.2, 0.25) is 5.02 Å². The van der Waals surface area contributed by atoms with Crippen LogP contribution in [0.5, 0.6) is 0 Å². The molecule has 0 spiro atoms. The van der Waals surface area contributed by atoms with E-state index in [9.17, 15) is 18.8 Å². The monoisotopic (exact) mass is 360 g/mol. The third-order valence-corrected chi connectivity index (χ3v) is 4.18. The number of anilines is 1. The number of thioether (sulfide) groups is 1. The van der Waals surface area contributed by atoms with Gasteiger partial charge in [-0.05, 0) is 18.2 Å². The van der Waals surface area contributed by atoms with Crippen molar-refractivity contribution in [3.05, 3.63) is 29.0 Å². The van der Waals surface area contributed by atoms with Gasteiger partial charge in [0.2, 0.25) is 0 Å². The van der Waals surface area contributed by atoms with Crippen LogP contribution in [0.3, 0.4) is 0 Å². The third kappa shape index (κ3) is 5.40. The molecule has 1 aliphatic rings. The first-order valence-electron chi connectivity index (χ1n) is 6.78. The van der Waals surface area contributed by atoms with Gasteiger partial charge in [0.05, 0.1) is 11.4 Å². The molecule has 0 atom stereocenters. The summed E-state index contributed by atoms with van der Waals surface area (Å²) < 4.78 is 17.8. The smallest absolute Gasteiger partial charge is 0.308 e. The lowest BCUT2D eigenvalue weighted by Crippen LogP contribution is -2.27. The van der Waals surface area contributed by atoms with E-state index in [0.29, 0.717) is 12.2 Å². The number of amides is 2. The predicted molar refractivity (Wildman–Crippen MR) is 85.0 cm³/mol. The molecule has 2 rings (SSSR count). The number of carbonyl (C=O) groups excluding carboxylic acids is 3. The van der Waals surface area contributed by atoms with Gasteiger partial charge in [-0.1, -0.05) is 23.4 Å². The van der Waals surface area contributed by atoms with Crippen LogP contribution < -0.4 is 5.32 Å². The molecule has 0 aliphatic carbocycles. The minimum atomic E-state index is -0.592. The van der Waals surface area contributed by atoms with Crippen LogP contribution in [0.25, 0.3) is 0 Å². The Hall–Kier alpha value is -1.80. The van der Waals surface area contributed by atoms with Gasteiger partial charge in [0.15, 0.2) is 6.61 Å². The summed E-state index contributed by atoms with van der Waals surface area (Å²) in [6.07, 6.45) is 0.0297. The Morgan fingerprint density at radius 1 is 1.43 bits per heavy atom. The Balaban J connectivity index is 1.70. The largest absolute Gasteiger partial charge is 0.456 e. The number of halogens is 2. The molecule has 1 fully saturated rings. The van der Waals surface area contributed by atoms with Gasteiger partial charge in [-0.25, -0.2) is 4.39 Å². The molecular formula is C14H14ClFN2O4S. The molecule has 1 heterocycles. The summed E-state index contributed by atoms with van der Waals surface area (Å²) >= 11 is 6.81. The van der Waals surface area contributed by atoms with Crippen LogP contribution in [0.15, 0.2) is 18.2 Å². The number of nitrogens with one attached hydrogen (secondary N) is 1. The summed E-state index contributed by atoms with van der Waals surface area (Å²) in [4.78, 5) is 36.1. The van der Waals surface area contributed by atoms with E-state index in [-0.39, 0.29) is 23.2 Å². The molecule has 9 heteroatoms. The summed E-state index contributed by atoms with van der Waals surface area (Å²) in [6, 6.07) is 3.72. The third-order valence-electron chi connectivity index (χ3n) is 3.00. The van der Waals surface area contributed by atoms with Crippen molar-refractivity contribution in [2.24, 2.45) is 0 Å². The van der Waals surface area contributed by atoms with Gasteiger partial charge in [-0.2, -0.15) is 0 Å². The fraction of sp³-hybridized carbons (Fsp3) is 0.357. The molecule has 0 unspecified atom stereocenters. The second-order valence-corrected chi connectivity index (χ2v) is 6.14. The number of rotatable bonds is 6. The lowest BCUT2D eigenvalue weighted by molar-refractivity contribution is -0.147. The molecule has 2 amide bonds. The van der Waals surface area contributed by atoms with Crippen molar-refractivity contribution < 1.29 is 23.5 Å². The molecule has 1 aromatic carbocycles. The van der Waals surface area contributed by atoms with Gasteiger partial charge >= 0.3 is 5.97 Å². The summed E-state index contributed by atoms with van der Waals surface area (Å²) in [5, 5.41) is 2.26. The highest BCUT2D eigenvalue weighted by Crippen LogP contribution is 2.19. The van der Waals surface area contributed by atoms with Gasteiger partial charge in [0.1, 0.15) is 5.82 Å². The molecule has 1 aromatic rings. The number of hydrogen-bond acceptors (Lipinski definition) is 5. The zero-order valence-corrected chi connectivity index (χ0v) is 13.6. The van der Waals surface area contributed by atoms with Gasteiger partial charge in [-0.15, -0.1) is 0 Å². The average Bonchev–Trinajstić information content (AvgIpc) is 2.92. The van der Waals surface area contributed by atoms with Crippen LogP contribution in [0.4, 0.5) is 14.9 Å². The van der Waals surface area contributed by atoms with E-state index in [2.05, 4.69) is 5.32 Å². The Kier molecular flexibility index (Phi) is 6.23. The fourth-order valence-electron chi connectivity index (χ4n) is 1.84. The normalized spacial score (nSPS) is 14.0. The van der Waals surface area contributed by atoms with E-state index in [1.54, 1.807) is 4.90 Å². The highest BCUT2D eigenvalue weighted by molar-refractivity contribution is 8.13. The van der Waals surface area contributed by atoms with Crippen molar-refractivity contribution in [1.29, 1.82) is 0 Å². The predicted octanol–water partition coefficient (Wildman–Crippen LogP) is 2.52. The Morgan fingerprint density at radius 3 is 2.87 bits per heavy atom. The molecule has 124 valence electrons. The average molecular weight is 361 g/mol. The summed E-state index contributed by atoms with van der Waals surface area (Å²) in [7, 11) is 0. The zero-order chi connectivity index (χ0) is 16.8. The Bertz CT molecular complexity index is 629. The first-order chi connectivity index (χ1) is 11.0. The maximum atomic E-state index is 13.0. The lowest BCUT2D eigenvalue weighted by atomic mass is 10.3. The van der Waals surface area contributed by atoms with Crippen molar-refractivity contribution in [1.82, 2.24) is 4.90 Å². The van der Waals surface area contributed by atoms with Crippen LogP contribution >= 0.6 is 23.4 Å². The van der Waals surface area contributed by atoms with E-state index >= 15 is 0 Å². The van der Waals surface area contributed by atoms with Crippen LogP contribution in [0, 0.1) is 5.82 Å². The summed E-state index contributed by atoms with van der Waals surface area (Å²) in [6.45, 7) is 0.430. The standard InChI is InChI=1S/C14H14ClFN2O4S/c15-10-7-9(1-2-11(10)16)17-12(19)8-22-13(20)3-4-18-5-6-23-14(18)21/h1-2,7H,3-6,8H2,(H,17,19). The number of carbonyl (C=O) groups is 3. The fourth-order valence-corrected chi connectivity index (χ4v) is 2.88. The number of nitrogens with zero attached hydrogens (tertiary/aromatic N) is 1. The molecule has 0 saturated carbocycles. The van der Waals surface area contributed by atoms with Gasteiger partial charge in [0, 0.05) is 24.5 Å². The number of hydrogen-bond donors (Lipinski definition) is 1. The maximum Gasteiger partial charge on any atom is 0.308 e. The molecule has 0 radical (unpaired) electrons. The van der Waals surface area contributed by atoms with E-state index in [4.69, 9.17) is 16.3 Å². The van der Waals surface area contributed by atoms with Gasteiger partial charge < -0.3 is 15.0 Å².